The maximum Gasteiger partial charge on any atom is 0.0947 e. The molecule has 0 N–H and O–H groups in total. The van der Waals surface area contributed by atoms with Gasteiger partial charge in [-0.15, -0.1) is 0 Å². The summed E-state index contributed by atoms with van der Waals surface area (Å²) in [4.78, 5) is 2.65. The fraction of sp³-hybridized carbons (Fsp3) is 0.385. The lowest BCUT2D eigenvalue weighted by Crippen LogP contribution is -2.32. The van der Waals surface area contributed by atoms with E-state index in [0.29, 0.717) is 12.0 Å². The van der Waals surface area contributed by atoms with Gasteiger partial charge in [0.05, 0.1) is 25.2 Å². The van der Waals surface area contributed by atoms with Gasteiger partial charge in [0.25, 0.3) is 0 Å². The Kier molecular flexibility index (Phi) is 5.51. The summed E-state index contributed by atoms with van der Waals surface area (Å²) in [6.07, 6.45) is 7.57. The molecular formula is C26H29NO2. The highest BCUT2D eigenvalue weighted by molar-refractivity contribution is 5.19. The number of ether oxygens (including phenoxy) is 1. The first kappa shape index (κ1) is 18.7. The van der Waals surface area contributed by atoms with Crippen LogP contribution in [0.4, 0.5) is 0 Å². The number of nitrogens with zero attached hydrogens (tertiary/aromatic N) is 1. The van der Waals surface area contributed by atoms with Crippen LogP contribution in [0.5, 0.6) is 0 Å². The zero-order chi connectivity index (χ0) is 19.5. The maximum atomic E-state index is 6.30. The Morgan fingerprint density at radius 1 is 0.759 bits per heavy atom. The van der Waals surface area contributed by atoms with Gasteiger partial charge in [0, 0.05) is 24.7 Å². The van der Waals surface area contributed by atoms with Gasteiger partial charge in [-0.1, -0.05) is 60.7 Å². The number of benzene rings is 2. The van der Waals surface area contributed by atoms with Crippen LogP contribution in [-0.4, -0.2) is 17.5 Å². The van der Waals surface area contributed by atoms with Crippen molar-refractivity contribution in [1.29, 1.82) is 0 Å². The molecule has 29 heavy (non-hydrogen) atoms. The molecule has 5 rings (SSSR count). The minimum Gasteiger partial charge on any atom is -0.472 e. The zero-order valence-corrected chi connectivity index (χ0v) is 16.8. The lowest BCUT2D eigenvalue weighted by atomic mass is 9.86. The molecule has 2 heterocycles. The molecule has 3 nitrogen and oxygen atoms in total. The van der Waals surface area contributed by atoms with Crippen molar-refractivity contribution in [2.75, 3.05) is 6.61 Å². The molecule has 150 valence electrons. The molecule has 0 unspecified atom stereocenters. The summed E-state index contributed by atoms with van der Waals surface area (Å²) in [5.74, 6) is 1.43. The van der Waals surface area contributed by atoms with Crippen LogP contribution in [0, 0.1) is 11.8 Å². The molecule has 0 bridgehead atoms. The summed E-state index contributed by atoms with van der Waals surface area (Å²) in [7, 11) is 0. The van der Waals surface area contributed by atoms with Gasteiger partial charge in [-0.25, -0.2) is 0 Å². The van der Waals surface area contributed by atoms with Crippen molar-refractivity contribution < 1.29 is 9.15 Å². The first-order valence-corrected chi connectivity index (χ1v) is 10.8. The van der Waals surface area contributed by atoms with Crippen molar-refractivity contribution in [3.05, 3.63) is 95.9 Å². The Morgan fingerprint density at radius 2 is 1.48 bits per heavy atom. The van der Waals surface area contributed by atoms with Crippen LogP contribution in [0.2, 0.25) is 0 Å². The normalized spacial score (nSPS) is 26.5. The minimum atomic E-state index is 0.257. The molecule has 2 fully saturated rings. The maximum absolute atomic E-state index is 6.30. The van der Waals surface area contributed by atoms with Gasteiger partial charge in [-0.3, -0.25) is 4.90 Å². The third-order valence-electron chi connectivity index (χ3n) is 6.73. The van der Waals surface area contributed by atoms with Crippen LogP contribution < -0.4 is 0 Å². The first-order chi connectivity index (χ1) is 14.3. The number of fused-ring (bicyclic) bond motifs is 1. The van der Waals surface area contributed by atoms with E-state index < -0.39 is 0 Å². The number of furan rings is 1. The Bertz CT molecular complexity index is 878. The van der Waals surface area contributed by atoms with Crippen LogP contribution in [0.1, 0.15) is 42.1 Å². The Balaban J connectivity index is 1.30. The van der Waals surface area contributed by atoms with E-state index in [2.05, 4.69) is 71.6 Å². The van der Waals surface area contributed by atoms with Crippen molar-refractivity contribution in [2.24, 2.45) is 11.8 Å². The SMILES string of the molecule is c1ccc(CN(Cc2ccoc2)[C@@H]2C[C@@H]3CO[C@H](c4ccccc4)C[C@@H]3C2)cc1. The fourth-order valence-electron chi connectivity index (χ4n) is 5.20. The molecule has 1 aliphatic carbocycles. The molecule has 0 radical (unpaired) electrons. The zero-order valence-electron chi connectivity index (χ0n) is 16.8. The topological polar surface area (TPSA) is 25.6 Å². The third-order valence-corrected chi connectivity index (χ3v) is 6.73. The predicted octanol–water partition coefficient (Wildman–Crippen LogP) is 5.84. The molecule has 2 aliphatic rings. The molecule has 1 aromatic heterocycles. The largest absolute Gasteiger partial charge is 0.472 e. The van der Waals surface area contributed by atoms with E-state index in [9.17, 15) is 0 Å². The quantitative estimate of drug-likeness (QED) is 0.531. The number of rotatable bonds is 6. The van der Waals surface area contributed by atoms with Gasteiger partial charge in [-0.05, 0) is 48.3 Å². The molecule has 3 heteroatoms. The summed E-state index contributed by atoms with van der Waals surface area (Å²) < 4.78 is 11.6. The summed E-state index contributed by atoms with van der Waals surface area (Å²) in [6.45, 7) is 2.82. The molecule has 1 saturated carbocycles. The average Bonchev–Trinajstić information content (AvgIpc) is 3.44. The van der Waals surface area contributed by atoms with Crippen LogP contribution in [-0.2, 0) is 17.8 Å². The van der Waals surface area contributed by atoms with Crippen molar-refractivity contribution in [2.45, 2.75) is 44.5 Å². The Morgan fingerprint density at radius 3 is 2.24 bits per heavy atom. The minimum absolute atomic E-state index is 0.257. The molecule has 2 aromatic carbocycles. The summed E-state index contributed by atoms with van der Waals surface area (Å²) >= 11 is 0. The second kappa shape index (κ2) is 8.56. The Hall–Kier alpha value is -2.36. The van der Waals surface area contributed by atoms with Crippen LogP contribution >= 0.6 is 0 Å². The van der Waals surface area contributed by atoms with Crippen molar-refractivity contribution in [3.8, 4) is 0 Å². The van der Waals surface area contributed by atoms with Crippen LogP contribution in [0.25, 0.3) is 0 Å². The fourth-order valence-corrected chi connectivity index (χ4v) is 5.20. The van der Waals surface area contributed by atoms with Crippen LogP contribution in [0.3, 0.4) is 0 Å². The predicted molar refractivity (Wildman–Crippen MR) is 114 cm³/mol. The molecule has 0 spiro atoms. The monoisotopic (exact) mass is 387 g/mol. The van der Waals surface area contributed by atoms with E-state index in [1.54, 1.807) is 6.26 Å². The number of hydrogen-bond acceptors (Lipinski definition) is 3. The highest BCUT2D eigenvalue weighted by atomic mass is 16.5. The van der Waals surface area contributed by atoms with Crippen LogP contribution in [0.15, 0.2) is 83.7 Å². The number of hydrogen-bond donors (Lipinski definition) is 0. The van der Waals surface area contributed by atoms with Gasteiger partial charge < -0.3 is 9.15 Å². The first-order valence-electron chi connectivity index (χ1n) is 10.8. The van der Waals surface area contributed by atoms with E-state index in [1.807, 2.05) is 6.26 Å². The molecular weight excluding hydrogens is 358 g/mol. The lowest BCUT2D eigenvalue weighted by molar-refractivity contribution is -0.0384. The van der Waals surface area contributed by atoms with Gasteiger partial charge in [0.1, 0.15) is 0 Å². The van der Waals surface area contributed by atoms with Crippen molar-refractivity contribution in [3.63, 3.8) is 0 Å². The van der Waals surface area contributed by atoms with Gasteiger partial charge in [-0.2, -0.15) is 0 Å². The van der Waals surface area contributed by atoms with Gasteiger partial charge >= 0.3 is 0 Å². The van der Waals surface area contributed by atoms with Crippen molar-refractivity contribution in [1.82, 2.24) is 4.90 Å². The van der Waals surface area contributed by atoms with Crippen molar-refractivity contribution >= 4 is 0 Å². The van der Waals surface area contributed by atoms with E-state index >= 15 is 0 Å². The summed E-state index contributed by atoms with van der Waals surface area (Å²) in [5.41, 5.74) is 3.97. The molecule has 3 aromatic rings. The van der Waals surface area contributed by atoms with Gasteiger partial charge in [0.15, 0.2) is 0 Å². The van der Waals surface area contributed by atoms with Gasteiger partial charge in [0.2, 0.25) is 0 Å². The van der Waals surface area contributed by atoms with E-state index in [0.717, 1.165) is 32.0 Å². The van der Waals surface area contributed by atoms with E-state index in [1.165, 1.54) is 29.5 Å². The summed E-state index contributed by atoms with van der Waals surface area (Å²) in [6, 6.07) is 24.3. The second-order valence-corrected chi connectivity index (χ2v) is 8.64. The average molecular weight is 388 g/mol. The third kappa shape index (κ3) is 4.31. The standard InChI is InChI=1S/C26H29NO2/c1-3-7-20(8-4-1)16-27(17-21-11-12-28-18-21)25-13-23-15-26(29-19-24(23)14-25)22-9-5-2-6-10-22/h1-12,18,23-26H,13-17,19H2/t23-,24+,25-,26-/m0/s1. The highest BCUT2D eigenvalue weighted by Crippen LogP contribution is 2.45. The lowest BCUT2D eigenvalue weighted by Gasteiger charge is -2.32. The highest BCUT2D eigenvalue weighted by Gasteiger charge is 2.41. The molecule has 0 amide bonds. The smallest absolute Gasteiger partial charge is 0.0947 e. The molecule has 1 saturated heterocycles. The second-order valence-electron chi connectivity index (χ2n) is 8.64. The molecule has 4 atom stereocenters. The van der Waals surface area contributed by atoms with E-state index in [-0.39, 0.29) is 6.10 Å². The Labute approximate surface area is 173 Å². The van der Waals surface area contributed by atoms with E-state index in [4.69, 9.17) is 9.15 Å². The summed E-state index contributed by atoms with van der Waals surface area (Å²) in [5, 5.41) is 0. The molecule has 1 aliphatic heterocycles.